The number of benzene rings is 1. The van der Waals surface area contributed by atoms with Crippen molar-refractivity contribution in [2.75, 3.05) is 25.0 Å². The highest BCUT2D eigenvalue weighted by molar-refractivity contribution is 7.89. The lowest BCUT2D eigenvalue weighted by molar-refractivity contribution is -0.116. The van der Waals surface area contributed by atoms with Crippen molar-refractivity contribution in [2.24, 2.45) is 5.92 Å². The minimum absolute atomic E-state index is 0.0201. The minimum atomic E-state index is -3.46. The molecule has 1 fully saturated rings. The third kappa shape index (κ3) is 5.89. The second kappa shape index (κ2) is 9.15. The quantitative estimate of drug-likeness (QED) is 0.668. The van der Waals surface area contributed by atoms with E-state index in [0.29, 0.717) is 24.6 Å². The van der Waals surface area contributed by atoms with Gasteiger partial charge in [-0.25, -0.2) is 13.1 Å². The predicted molar refractivity (Wildman–Crippen MR) is 95.4 cm³/mol. The molecule has 0 unspecified atom stereocenters. The molecule has 1 aliphatic rings. The molecule has 1 aliphatic heterocycles. The Hall–Kier alpha value is -1.44. The van der Waals surface area contributed by atoms with Gasteiger partial charge in [0, 0.05) is 18.7 Å². The molecule has 6 nitrogen and oxygen atoms in total. The summed E-state index contributed by atoms with van der Waals surface area (Å²) in [6.45, 7) is 4.39. The van der Waals surface area contributed by atoms with Gasteiger partial charge in [0.1, 0.15) is 0 Å². The zero-order chi connectivity index (χ0) is 17.4. The van der Waals surface area contributed by atoms with Crippen LogP contribution in [0.2, 0.25) is 0 Å². The van der Waals surface area contributed by atoms with E-state index in [0.717, 1.165) is 38.8 Å². The van der Waals surface area contributed by atoms with Gasteiger partial charge in [0.2, 0.25) is 15.9 Å². The molecule has 1 aromatic rings. The van der Waals surface area contributed by atoms with Crippen molar-refractivity contribution in [2.45, 2.75) is 43.9 Å². The molecular weight excluding hydrogens is 326 g/mol. The first kappa shape index (κ1) is 18.9. The summed E-state index contributed by atoms with van der Waals surface area (Å²) in [6, 6.07) is 6.28. The van der Waals surface area contributed by atoms with E-state index in [1.165, 1.54) is 12.1 Å². The fourth-order valence-electron chi connectivity index (χ4n) is 2.77. The van der Waals surface area contributed by atoms with E-state index in [9.17, 15) is 13.2 Å². The fraction of sp³-hybridized carbons (Fsp3) is 0.588. The Bertz CT molecular complexity index is 623. The molecule has 0 aliphatic carbocycles. The number of nitrogens with one attached hydrogen (secondary N) is 3. The lowest BCUT2D eigenvalue weighted by Gasteiger charge is -2.22. The second-order valence-electron chi connectivity index (χ2n) is 6.20. The van der Waals surface area contributed by atoms with Gasteiger partial charge >= 0.3 is 0 Å². The average Bonchev–Trinajstić information content (AvgIpc) is 2.60. The molecule has 0 atom stereocenters. The second-order valence-corrected chi connectivity index (χ2v) is 7.97. The molecule has 0 spiro atoms. The monoisotopic (exact) mass is 353 g/mol. The molecule has 134 valence electrons. The Labute approximate surface area is 144 Å². The number of hydrogen-bond acceptors (Lipinski definition) is 4. The van der Waals surface area contributed by atoms with Crippen LogP contribution >= 0.6 is 0 Å². The number of anilines is 1. The molecular formula is C17H27N3O3S. The van der Waals surface area contributed by atoms with Crippen LogP contribution < -0.4 is 15.4 Å². The zero-order valence-corrected chi connectivity index (χ0v) is 15.0. The first-order valence-corrected chi connectivity index (χ1v) is 10.1. The van der Waals surface area contributed by atoms with Gasteiger partial charge in [-0.1, -0.05) is 6.92 Å². The van der Waals surface area contributed by atoms with Gasteiger partial charge in [-0.15, -0.1) is 0 Å². The molecule has 24 heavy (non-hydrogen) atoms. The highest BCUT2D eigenvalue weighted by Crippen LogP contribution is 2.19. The molecule has 0 bridgehead atoms. The largest absolute Gasteiger partial charge is 0.326 e. The minimum Gasteiger partial charge on any atom is -0.326 e. The van der Waals surface area contributed by atoms with Gasteiger partial charge in [0.15, 0.2) is 0 Å². The Morgan fingerprint density at radius 2 is 1.88 bits per heavy atom. The van der Waals surface area contributed by atoms with Crippen LogP contribution in [0.5, 0.6) is 0 Å². The normalized spacial score (nSPS) is 16.0. The summed E-state index contributed by atoms with van der Waals surface area (Å²) < 4.78 is 26.5. The van der Waals surface area contributed by atoms with Crippen molar-refractivity contribution in [1.82, 2.24) is 10.0 Å². The van der Waals surface area contributed by atoms with E-state index in [1.807, 2.05) is 6.92 Å². The molecule has 3 N–H and O–H groups in total. The smallest absolute Gasteiger partial charge is 0.240 e. The number of hydrogen-bond donors (Lipinski definition) is 3. The van der Waals surface area contributed by atoms with Crippen LogP contribution in [0.1, 0.15) is 39.0 Å². The lowest BCUT2D eigenvalue weighted by atomic mass is 9.93. The maximum Gasteiger partial charge on any atom is 0.240 e. The van der Waals surface area contributed by atoms with Crippen molar-refractivity contribution < 1.29 is 13.2 Å². The molecule has 0 aromatic heterocycles. The molecule has 1 heterocycles. The van der Waals surface area contributed by atoms with Crippen LogP contribution in [0.3, 0.4) is 0 Å². The van der Waals surface area contributed by atoms with E-state index in [1.54, 1.807) is 12.1 Å². The van der Waals surface area contributed by atoms with Crippen LogP contribution in [0.25, 0.3) is 0 Å². The van der Waals surface area contributed by atoms with Crippen LogP contribution in [-0.2, 0) is 14.8 Å². The summed E-state index contributed by atoms with van der Waals surface area (Å²) >= 11 is 0. The van der Waals surface area contributed by atoms with Crippen molar-refractivity contribution in [1.29, 1.82) is 0 Å². The summed E-state index contributed by atoms with van der Waals surface area (Å²) in [6.07, 6.45) is 4.41. The first-order valence-electron chi connectivity index (χ1n) is 8.61. The summed E-state index contributed by atoms with van der Waals surface area (Å²) in [4.78, 5) is 12.2. The fourth-order valence-corrected chi connectivity index (χ4v) is 3.90. The number of carbonyl (C=O) groups excluding carboxylic acids is 1. The Morgan fingerprint density at radius 1 is 1.21 bits per heavy atom. The Morgan fingerprint density at radius 3 is 2.50 bits per heavy atom. The highest BCUT2D eigenvalue weighted by Gasteiger charge is 2.15. The summed E-state index contributed by atoms with van der Waals surface area (Å²) in [5.41, 5.74) is 0.625. The number of sulfonamides is 1. The zero-order valence-electron chi connectivity index (χ0n) is 14.2. The SMILES string of the molecule is CCCNS(=O)(=O)c1ccc(NC(=O)CCC2CCNCC2)cc1. The molecule has 7 heteroatoms. The predicted octanol–water partition coefficient (Wildman–Crippen LogP) is 2.09. The van der Waals surface area contributed by atoms with E-state index in [4.69, 9.17) is 0 Å². The Balaban J connectivity index is 1.83. The highest BCUT2D eigenvalue weighted by atomic mass is 32.2. The summed E-state index contributed by atoms with van der Waals surface area (Å²) in [5, 5.41) is 6.15. The van der Waals surface area contributed by atoms with Gasteiger partial charge < -0.3 is 10.6 Å². The molecule has 1 aromatic carbocycles. The third-order valence-electron chi connectivity index (χ3n) is 4.23. The number of rotatable bonds is 8. The maximum atomic E-state index is 12.0. The molecule has 1 amide bonds. The molecule has 0 saturated carbocycles. The van der Waals surface area contributed by atoms with Gasteiger partial charge in [0.05, 0.1) is 4.90 Å². The van der Waals surface area contributed by atoms with Crippen molar-refractivity contribution in [3.8, 4) is 0 Å². The summed E-state index contributed by atoms with van der Waals surface area (Å²) in [7, 11) is -3.46. The maximum absolute atomic E-state index is 12.0. The molecule has 1 saturated heterocycles. The van der Waals surface area contributed by atoms with Gasteiger partial charge in [-0.3, -0.25) is 4.79 Å². The van der Waals surface area contributed by atoms with Gasteiger partial charge in [-0.2, -0.15) is 0 Å². The van der Waals surface area contributed by atoms with E-state index >= 15 is 0 Å². The van der Waals surface area contributed by atoms with Crippen molar-refractivity contribution >= 4 is 21.6 Å². The van der Waals surface area contributed by atoms with Crippen LogP contribution in [-0.4, -0.2) is 34.0 Å². The lowest BCUT2D eigenvalue weighted by Crippen LogP contribution is -2.28. The van der Waals surface area contributed by atoms with E-state index in [2.05, 4.69) is 15.4 Å². The average molecular weight is 353 g/mol. The number of piperidine rings is 1. The summed E-state index contributed by atoms with van der Waals surface area (Å²) in [5.74, 6) is 0.599. The van der Waals surface area contributed by atoms with E-state index < -0.39 is 10.0 Å². The topological polar surface area (TPSA) is 87.3 Å². The molecule has 2 rings (SSSR count). The number of carbonyl (C=O) groups is 1. The first-order chi connectivity index (χ1) is 11.5. The number of amides is 1. The third-order valence-corrected chi connectivity index (χ3v) is 5.71. The standard InChI is InChI=1S/C17H27N3O3S/c1-2-11-19-24(22,23)16-6-4-15(5-7-16)20-17(21)8-3-14-9-12-18-13-10-14/h4-7,14,18-19H,2-3,8-13H2,1H3,(H,20,21). The van der Waals surface area contributed by atoms with Crippen molar-refractivity contribution in [3.05, 3.63) is 24.3 Å². The van der Waals surface area contributed by atoms with Gasteiger partial charge in [-0.05, 0) is 69.0 Å². The van der Waals surface area contributed by atoms with Crippen LogP contribution in [0.4, 0.5) is 5.69 Å². The van der Waals surface area contributed by atoms with Crippen LogP contribution in [0.15, 0.2) is 29.2 Å². The van der Waals surface area contributed by atoms with Crippen LogP contribution in [0, 0.1) is 5.92 Å². The molecule has 0 radical (unpaired) electrons. The Kier molecular flexibility index (Phi) is 7.20. The van der Waals surface area contributed by atoms with Gasteiger partial charge in [0.25, 0.3) is 0 Å². The van der Waals surface area contributed by atoms with E-state index in [-0.39, 0.29) is 10.8 Å². The van der Waals surface area contributed by atoms with Crippen molar-refractivity contribution in [3.63, 3.8) is 0 Å².